The maximum Gasteiger partial charge on any atom is 0.246 e. The van der Waals surface area contributed by atoms with Crippen LogP contribution >= 0.6 is 0 Å². The van der Waals surface area contributed by atoms with Crippen molar-refractivity contribution in [1.82, 2.24) is 5.32 Å². The highest BCUT2D eigenvalue weighted by Crippen LogP contribution is 2.34. The molecule has 3 nitrogen and oxygen atoms in total. The summed E-state index contributed by atoms with van der Waals surface area (Å²) in [6, 6.07) is 3.92. The molecule has 0 saturated carbocycles. The lowest BCUT2D eigenvalue weighted by molar-refractivity contribution is -0.117. The third kappa shape index (κ3) is 1.53. The third-order valence-corrected chi connectivity index (χ3v) is 3.00. The number of hydrogen-bond donors (Lipinski definition) is 2. The first-order valence-electron chi connectivity index (χ1n) is 5.29. The van der Waals surface area contributed by atoms with Gasteiger partial charge in [0.2, 0.25) is 5.91 Å². The molecular formula is C12H16N2O. The van der Waals surface area contributed by atoms with Gasteiger partial charge in [0.1, 0.15) is 6.04 Å². The summed E-state index contributed by atoms with van der Waals surface area (Å²) in [5, 5.41) is 6.13. The van der Waals surface area contributed by atoms with Gasteiger partial charge in [-0.3, -0.25) is 4.79 Å². The monoisotopic (exact) mass is 204 g/mol. The molecule has 1 heterocycles. The first kappa shape index (κ1) is 10.2. The highest BCUT2D eigenvalue weighted by atomic mass is 16.2. The quantitative estimate of drug-likeness (QED) is 0.772. The van der Waals surface area contributed by atoms with Crippen molar-refractivity contribution in [3.05, 3.63) is 28.8 Å². The van der Waals surface area contributed by atoms with Crippen molar-refractivity contribution in [2.24, 2.45) is 0 Å². The highest BCUT2D eigenvalue weighted by Gasteiger charge is 2.30. The molecule has 0 radical (unpaired) electrons. The van der Waals surface area contributed by atoms with Gasteiger partial charge in [-0.1, -0.05) is 19.1 Å². The van der Waals surface area contributed by atoms with Crippen molar-refractivity contribution in [3.8, 4) is 0 Å². The van der Waals surface area contributed by atoms with Gasteiger partial charge in [-0.25, -0.2) is 0 Å². The highest BCUT2D eigenvalue weighted by molar-refractivity contribution is 6.03. The molecule has 0 fully saturated rings. The zero-order valence-corrected chi connectivity index (χ0v) is 9.35. The van der Waals surface area contributed by atoms with Gasteiger partial charge in [0.05, 0.1) is 0 Å². The standard InChI is InChI=1S/C12H16N2O/c1-4-13-11-9-6-5-7(2)8(3)10(9)14-12(11)15/h5-6,11,13H,4H2,1-3H3,(H,14,15). The van der Waals surface area contributed by atoms with Crippen molar-refractivity contribution in [1.29, 1.82) is 0 Å². The van der Waals surface area contributed by atoms with Crippen LogP contribution in [0.1, 0.15) is 29.7 Å². The SMILES string of the molecule is CCNC1C(=O)Nc2c1ccc(C)c2C. The first-order chi connectivity index (χ1) is 7.15. The number of likely N-dealkylation sites (N-methyl/N-ethyl adjacent to an activating group) is 1. The van der Waals surface area contributed by atoms with Crippen molar-refractivity contribution in [2.45, 2.75) is 26.8 Å². The Morgan fingerprint density at radius 3 is 2.80 bits per heavy atom. The summed E-state index contributed by atoms with van der Waals surface area (Å²) in [6.45, 7) is 6.90. The molecule has 2 rings (SSSR count). The second-order valence-corrected chi connectivity index (χ2v) is 3.95. The van der Waals surface area contributed by atoms with Gasteiger partial charge >= 0.3 is 0 Å². The van der Waals surface area contributed by atoms with Gasteiger partial charge in [0, 0.05) is 11.3 Å². The fourth-order valence-corrected chi connectivity index (χ4v) is 1.99. The Morgan fingerprint density at radius 1 is 1.40 bits per heavy atom. The molecule has 1 unspecified atom stereocenters. The van der Waals surface area contributed by atoms with E-state index in [0.717, 1.165) is 17.8 Å². The van der Waals surface area contributed by atoms with E-state index in [4.69, 9.17) is 0 Å². The van der Waals surface area contributed by atoms with Gasteiger partial charge in [0.25, 0.3) is 0 Å². The lowest BCUT2D eigenvalue weighted by Crippen LogP contribution is -2.27. The summed E-state index contributed by atoms with van der Waals surface area (Å²) in [6.07, 6.45) is 0. The van der Waals surface area contributed by atoms with E-state index in [1.807, 2.05) is 19.9 Å². The van der Waals surface area contributed by atoms with Crippen LogP contribution in [0.3, 0.4) is 0 Å². The Labute approximate surface area is 89.9 Å². The van der Waals surface area contributed by atoms with Gasteiger partial charge in [-0.2, -0.15) is 0 Å². The predicted molar refractivity (Wildman–Crippen MR) is 61.0 cm³/mol. The van der Waals surface area contributed by atoms with Gasteiger partial charge < -0.3 is 10.6 Å². The first-order valence-corrected chi connectivity index (χ1v) is 5.29. The molecule has 2 N–H and O–H groups in total. The lowest BCUT2D eigenvalue weighted by Gasteiger charge is -2.10. The minimum absolute atomic E-state index is 0.0561. The van der Waals surface area contributed by atoms with E-state index >= 15 is 0 Å². The van der Waals surface area contributed by atoms with Crippen molar-refractivity contribution in [3.63, 3.8) is 0 Å². The Hall–Kier alpha value is -1.35. The topological polar surface area (TPSA) is 41.1 Å². The van der Waals surface area contributed by atoms with Crippen molar-refractivity contribution >= 4 is 11.6 Å². The van der Waals surface area contributed by atoms with E-state index < -0.39 is 0 Å². The molecule has 0 saturated heterocycles. The fraction of sp³-hybridized carbons (Fsp3) is 0.417. The molecular weight excluding hydrogens is 188 g/mol. The van der Waals surface area contributed by atoms with Gasteiger partial charge in [-0.05, 0) is 31.5 Å². The number of amides is 1. The Morgan fingerprint density at radius 2 is 2.13 bits per heavy atom. The predicted octanol–water partition coefficient (Wildman–Crippen LogP) is 1.91. The van der Waals surface area contributed by atoms with Crippen molar-refractivity contribution < 1.29 is 4.79 Å². The van der Waals surface area contributed by atoms with Crippen LogP contribution in [0.15, 0.2) is 12.1 Å². The summed E-state index contributed by atoms with van der Waals surface area (Å²) >= 11 is 0. The number of aryl methyl sites for hydroxylation is 1. The van der Waals surface area contributed by atoms with Crippen LogP contribution in [0.25, 0.3) is 0 Å². The van der Waals surface area contributed by atoms with Crippen LogP contribution in [0.5, 0.6) is 0 Å². The van der Waals surface area contributed by atoms with E-state index in [2.05, 4.69) is 23.6 Å². The molecule has 0 aromatic heterocycles. The van der Waals surface area contributed by atoms with Gasteiger partial charge in [-0.15, -0.1) is 0 Å². The smallest absolute Gasteiger partial charge is 0.246 e. The molecule has 0 aliphatic carbocycles. The van der Waals surface area contributed by atoms with E-state index in [9.17, 15) is 4.79 Å². The van der Waals surface area contributed by atoms with Crippen LogP contribution in [0, 0.1) is 13.8 Å². The average molecular weight is 204 g/mol. The van der Waals surface area contributed by atoms with E-state index in [1.165, 1.54) is 11.1 Å². The Bertz CT molecular complexity index is 412. The van der Waals surface area contributed by atoms with Crippen LogP contribution in [0.4, 0.5) is 5.69 Å². The maximum absolute atomic E-state index is 11.7. The number of carbonyl (C=O) groups excluding carboxylic acids is 1. The third-order valence-electron chi connectivity index (χ3n) is 3.00. The molecule has 0 bridgehead atoms. The summed E-state index contributed by atoms with van der Waals surface area (Å²) < 4.78 is 0. The summed E-state index contributed by atoms with van der Waals surface area (Å²) in [5.41, 5.74) is 4.45. The lowest BCUT2D eigenvalue weighted by atomic mass is 10.0. The molecule has 1 aromatic rings. The average Bonchev–Trinajstić information content (AvgIpc) is 2.52. The molecule has 1 aromatic carbocycles. The Kier molecular flexibility index (Phi) is 2.49. The van der Waals surface area contributed by atoms with Crippen LogP contribution in [0.2, 0.25) is 0 Å². The number of anilines is 1. The van der Waals surface area contributed by atoms with E-state index in [1.54, 1.807) is 0 Å². The fourth-order valence-electron chi connectivity index (χ4n) is 1.99. The zero-order valence-electron chi connectivity index (χ0n) is 9.35. The minimum Gasteiger partial charge on any atom is -0.324 e. The number of benzene rings is 1. The molecule has 1 aliphatic heterocycles. The van der Waals surface area contributed by atoms with Crippen LogP contribution in [-0.4, -0.2) is 12.5 Å². The van der Waals surface area contributed by atoms with Crippen molar-refractivity contribution in [2.75, 3.05) is 11.9 Å². The number of hydrogen-bond acceptors (Lipinski definition) is 2. The summed E-state index contributed by atoms with van der Waals surface area (Å²) in [4.78, 5) is 11.7. The van der Waals surface area contributed by atoms with Gasteiger partial charge in [0.15, 0.2) is 0 Å². The normalized spacial score (nSPS) is 18.9. The summed E-state index contributed by atoms with van der Waals surface area (Å²) in [5.74, 6) is 0.0561. The number of nitrogens with one attached hydrogen (secondary N) is 2. The number of rotatable bonds is 2. The second kappa shape index (κ2) is 3.66. The zero-order chi connectivity index (χ0) is 11.0. The maximum atomic E-state index is 11.7. The second-order valence-electron chi connectivity index (χ2n) is 3.95. The van der Waals surface area contributed by atoms with Crippen LogP contribution < -0.4 is 10.6 Å². The largest absolute Gasteiger partial charge is 0.324 e. The van der Waals surface area contributed by atoms with E-state index in [-0.39, 0.29) is 11.9 Å². The molecule has 1 aliphatic rings. The Balaban J connectivity index is 2.47. The molecule has 0 spiro atoms. The molecule has 1 amide bonds. The summed E-state index contributed by atoms with van der Waals surface area (Å²) in [7, 11) is 0. The molecule has 3 heteroatoms. The molecule has 15 heavy (non-hydrogen) atoms. The minimum atomic E-state index is -0.177. The molecule has 1 atom stereocenters. The van der Waals surface area contributed by atoms with Crippen LogP contribution in [-0.2, 0) is 4.79 Å². The van der Waals surface area contributed by atoms with E-state index in [0.29, 0.717) is 0 Å². The molecule has 80 valence electrons. The number of carbonyl (C=O) groups is 1. The number of fused-ring (bicyclic) bond motifs is 1.